The van der Waals surface area contributed by atoms with Crippen LogP contribution in [0.25, 0.3) is 0 Å². The largest absolute Gasteiger partial charge is 0.490 e. The van der Waals surface area contributed by atoms with Gasteiger partial charge in [-0.05, 0) is 38.5 Å². The van der Waals surface area contributed by atoms with Crippen LogP contribution in [0.15, 0.2) is 35.1 Å². The van der Waals surface area contributed by atoms with E-state index in [1.807, 2.05) is 39.0 Å². The Hall–Kier alpha value is -2.14. The van der Waals surface area contributed by atoms with Crippen LogP contribution >= 0.6 is 0 Å². The van der Waals surface area contributed by atoms with Gasteiger partial charge in [-0.15, -0.1) is 0 Å². The van der Waals surface area contributed by atoms with Crippen molar-refractivity contribution in [3.05, 3.63) is 41.9 Å². The minimum Gasteiger partial charge on any atom is -0.490 e. The van der Waals surface area contributed by atoms with Gasteiger partial charge in [0.05, 0.1) is 32.3 Å². The van der Waals surface area contributed by atoms with Crippen molar-refractivity contribution in [1.82, 2.24) is 0 Å². The molecule has 22 heavy (non-hydrogen) atoms. The molecule has 0 saturated carbocycles. The molecule has 0 aliphatic rings. The molecule has 0 spiro atoms. The third kappa shape index (κ3) is 3.95. The molecule has 2 aromatic rings. The Morgan fingerprint density at radius 3 is 2.36 bits per heavy atom. The predicted molar refractivity (Wildman–Crippen MR) is 82.5 cm³/mol. The van der Waals surface area contributed by atoms with Crippen LogP contribution < -0.4 is 14.4 Å². The van der Waals surface area contributed by atoms with Crippen molar-refractivity contribution >= 4 is 0 Å². The Bertz CT molecular complexity index is 563. The summed E-state index contributed by atoms with van der Waals surface area (Å²) in [6, 6.07) is 5.76. The van der Waals surface area contributed by atoms with E-state index >= 15 is 0 Å². The van der Waals surface area contributed by atoms with Crippen LogP contribution in [-0.4, -0.2) is 19.8 Å². The predicted octanol–water partition coefficient (Wildman–Crippen LogP) is 4.00. The average molecular weight is 306 g/mol. The molecule has 0 N–H and O–H groups in total. The zero-order valence-corrected chi connectivity index (χ0v) is 13.3. The van der Waals surface area contributed by atoms with Gasteiger partial charge in [-0.25, -0.2) is 0 Å². The fraction of sp³-hybridized carbons (Fsp3) is 0.412. The zero-order chi connectivity index (χ0) is 15.8. The molecule has 0 unspecified atom stereocenters. The van der Waals surface area contributed by atoms with Gasteiger partial charge in [0, 0.05) is 12.0 Å². The molecule has 1 heterocycles. The Balaban J connectivity index is 2.39. The lowest BCUT2D eigenvalue weighted by atomic mass is 10.1. The Kier molecular flexibility index (Phi) is 6.15. The second-order valence-electron chi connectivity index (χ2n) is 4.55. The molecule has 1 aromatic carbocycles. The van der Waals surface area contributed by atoms with Gasteiger partial charge in [0.2, 0.25) is 11.5 Å². The molecular formula is C17H22O5. The van der Waals surface area contributed by atoms with Crippen molar-refractivity contribution in [3.8, 4) is 17.2 Å². The summed E-state index contributed by atoms with van der Waals surface area (Å²) in [6.45, 7) is 7.21. The van der Waals surface area contributed by atoms with Crippen LogP contribution in [0.1, 0.15) is 31.9 Å². The molecule has 0 radical (unpaired) electrons. The van der Waals surface area contributed by atoms with Crippen LogP contribution in [0, 0.1) is 0 Å². The van der Waals surface area contributed by atoms with E-state index in [2.05, 4.69) is 0 Å². The summed E-state index contributed by atoms with van der Waals surface area (Å²) in [7, 11) is 0. The van der Waals surface area contributed by atoms with Crippen molar-refractivity contribution in [2.24, 2.45) is 0 Å². The molecule has 0 fully saturated rings. The van der Waals surface area contributed by atoms with Crippen molar-refractivity contribution in [2.75, 3.05) is 19.8 Å². The molecule has 5 nitrogen and oxygen atoms in total. The summed E-state index contributed by atoms with van der Waals surface area (Å²) in [5, 5.41) is 0. The first-order chi connectivity index (χ1) is 10.8. The van der Waals surface area contributed by atoms with Gasteiger partial charge in [0.1, 0.15) is 0 Å². The first-order valence-electron chi connectivity index (χ1n) is 7.52. The zero-order valence-electron chi connectivity index (χ0n) is 13.3. The minimum atomic E-state index is 0.440. The maximum atomic E-state index is 5.72. The van der Waals surface area contributed by atoms with Crippen molar-refractivity contribution in [3.63, 3.8) is 0 Å². The highest BCUT2D eigenvalue weighted by molar-refractivity contribution is 5.56. The summed E-state index contributed by atoms with van der Waals surface area (Å²) in [5.41, 5.74) is 2.00. The summed E-state index contributed by atoms with van der Waals surface area (Å²) in [4.78, 5) is 10.6. The van der Waals surface area contributed by atoms with Crippen LogP contribution in [0.4, 0.5) is 0 Å². The monoisotopic (exact) mass is 306 g/mol. The number of benzene rings is 1. The van der Waals surface area contributed by atoms with Crippen molar-refractivity contribution < 1.29 is 23.7 Å². The minimum absolute atomic E-state index is 0.440. The lowest BCUT2D eigenvalue weighted by molar-refractivity contribution is -0.203. The van der Waals surface area contributed by atoms with Gasteiger partial charge in [0.15, 0.2) is 5.75 Å². The van der Waals surface area contributed by atoms with Crippen LogP contribution in [0.2, 0.25) is 0 Å². The van der Waals surface area contributed by atoms with E-state index in [0.717, 1.165) is 11.1 Å². The van der Waals surface area contributed by atoms with Gasteiger partial charge in [0.25, 0.3) is 0 Å². The SMILES string of the molecule is CCOOc1c(Cc2ccoc2)ccc(OCC)c1OCC. The molecule has 0 amide bonds. The van der Waals surface area contributed by atoms with Gasteiger partial charge >= 0.3 is 0 Å². The quantitative estimate of drug-likeness (QED) is 0.518. The highest BCUT2D eigenvalue weighted by atomic mass is 17.2. The van der Waals surface area contributed by atoms with Crippen molar-refractivity contribution in [2.45, 2.75) is 27.2 Å². The molecule has 0 saturated heterocycles. The van der Waals surface area contributed by atoms with Gasteiger partial charge in [-0.3, -0.25) is 0 Å². The van der Waals surface area contributed by atoms with Gasteiger partial charge in [-0.1, -0.05) is 6.07 Å². The van der Waals surface area contributed by atoms with Crippen LogP contribution in [-0.2, 0) is 11.3 Å². The highest BCUT2D eigenvalue weighted by Gasteiger charge is 2.19. The summed E-state index contributed by atoms with van der Waals surface area (Å²) in [6.07, 6.45) is 4.02. The van der Waals surface area contributed by atoms with Crippen molar-refractivity contribution in [1.29, 1.82) is 0 Å². The lowest BCUT2D eigenvalue weighted by Crippen LogP contribution is -2.06. The third-order valence-corrected chi connectivity index (χ3v) is 2.98. The van der Waals surface area contributed by atoms with E-state index in [9.17, 15) is 0 Å². The lowest BCUT2D eigenvalue weighted by Gasteiger charge is -2.17. The fourth-order valence-corrected chi connectivity index (χ4v) is 2.10. The standard InChI is InChI=1S/C17H22O5/c1-4-19-15-8-7-14(11-13-9-10-18-12-13)16(22-21-6-3)17(15)20-5-2/h7-10,12H,4-6,11H2,1-3H3. The van der Waals surface area contributed by atoms with E-state index in [-0.39, 0.29) is 0 Å². The Morgan fingerprint density at radius 1 is 0.909 bits per heavy atom. The smallest absolute Gasteiger partial charge is 0.214 e. The Labute approximate surface area is 130 Å². The number of hydrogen-bond acceptors (Lipinski definition) is 5. The number of furan rings is 1. The second kappa shape index (κ2) is 8.34. The van der Waals surface area contributed by atoms with E-state index in [0.29, 0.717) is 43.5 Å². The first-order valence-corrected chi connectivity index (χ1v) is 7.52. The van der Waals surface area contributed by atoms with E-state index in [1.165, 1.54) is 0 Å². The Morgan fingerprint density at radius 2 is 1.73 bits per heavy atom. The molecule has 0 atom stereocenters. The van der Waals surface area contributed by atoms with Gasteiger partial charge in [-0.2, -0.15) is 4.89 Å². The molecule has 2 rings (SSSR count). The highest BCUT2D eigenvalue weighted by Crippen LogP contribution is 2.41. The molecule has 0 aliphatic heterocycles. The number of hydrogen-bond donors (Lipinski definition) is 0. The summed E-state index contributed by atoms with van der Waals surface area (Å²) >= 11 is 0. The average Bonchev–Trinajstić information content (AvgIpc) is 3.02. The third-order valence-electron chi connectivity index (χ3n) is 2.98. The van der Waals surface area contributed by atoms with E-state index in [4.69, 9.17) is 23.7 Å². The normalized spacial score (nSPS) is 10.5. The van der Waals surface area contributed by atoms with Gasteiger partial charge < -0.3 is 18.8 Å². The van der Waals surface area contributed by atoms with E-state index < -0.39 is 0 Å². The summed E-state index contributed by atoms with van der Waals surface area (Å²) < 4.78 is 16.5. The maximum Gasteiger partial charge on any atom is 0.214 e. The molecule has 1 aromatic heterocycles. The van der Waals surface area contributed by atoms with E-state index in [1.54, 1.807) is 12.5 Å². The molecular weight excluding hydrogens is 284 g/mol. The summed E-state index contributed by atoms with van der Waals surface area (Å²) in [5.74, 6) is 1.77. The first kappa shape index (κ1) is 16.2. The topological polar surface area (TPSA) is 50.1 Å². The second-order valence-corrected chi connectivity index (χ2v) is 4.55. The molecule has 0 bridgehead atoms. The molecule has 0 aliphatic carbocycles. The molecule has 5 heteroatoms. The number of ether oxygens (including phenoxy) is 2. The molecule has 120 valence electrons. The maximum absolute atomic E-state index is 5.72. The fourth-order valence-electron chi connectivity index (χ4n) is 2.10. The number of rotatable bonds is 9. The van der Waals surface area contributed by atoms with Crippen LogP contribution in [0.3, 0.4) is 0 Å². The van der Waals surface area contributed by atoms with Crippen LogP contribution in [0.5, 0.6) is 17.2 Å².